The second kappa shape index (κ2) is 8.56. The van der Waals surface area contributed by atoms with Crippen LogP contribution in [-0.2, 0) is 9.95 Å². The molecule has 0 amide bonds. The van der Waals surface area contributed by atoms with Gasteiger partial charge in [0.15, 0.2) is 5.78 Å². The molecule has 2 heteroatoms. The Hall–Kier alpha value is -2.37. The Labute approximate surface area is 174 Å². The van der Waals surface area contributed by atoms with Gasteiger partial charge in [-0.3, -0.25) is 4.79 Å². The zero-order valence-corrected chi connectivity index (χ0v) is 18.0. The van der Waals surface area contributed by atoms with Crippen LogP contribution in [0.5, 0.6) is 0 Å². The number of carbonyl (C=O) groups is 1. The molecule has 29 heavy (non-hydrogen) atoms. The highest BCUT2D eigenvalue weighted by molar-refractivity contribution is 7.84. The van der Waals surface area contributed by atoms with E-state index >= 15 is 0 Å². The lowest BCUT2D eigenvalue weighted by Crippen LogP contribution is -2.31. The molecule has 3 aromatic rings. The van der Waals surface area contributed by atoms with Gasteiger partial charge >= 0.3 is 0 Å². The maximum absolute atomic E-state index is 13.1. The van der Waals surface area contributed by atoms with Crippen molar-refractivity contribution in [2.24, 2.45) is 0 Å². The van der Waals surface area contributed by atoms with Crippen molar-refractivity contribution in [3.63, 3.8) is 0 Å². The lowest BCUT2D eigenvalue weighted by molar-refractivity contribution is -0.112. The van der Waals surface area contributed by atoms with Gasteiger partial charge in [-0.2, -0.15) is 0 Å². The van der Waals surface area contributed by atoms with Gasteiger partial charge in [0.1, 0.15) is 0 Å². The van der Waals surface area contributed by atoms with Crippen LogP contribution >= 0.6 is 6.89 Å². The molecule has 1 fully saturated rings. The van der Waals surface area contributed by atoms with E-state index in [0.717, 1.165) is 25.4 Å². The van der Waals surface area contributed by atoms with Gasteiger partial charge in [0.05, 0.1) is 0 Å². The van der Waals surface area contributed by atoms with E-state index in [1.165, 1.54) is 16.4 Å². The molecule has 1 nitrogen and oxygen atoms in total. The smallest absolute Gasteiger partial charge is 0.156 e. The van der Waals surface area contributed by atoms with Crippen molar-refractivity contribution in [1.29, 1.82) is 0 Å². The van der Waals surface area contributed by atoms with Crippen molar-refractivity contribution in [1.82, 2.24) is 0 Å². The fourth-order valence-electron chi connectivity index (χ4n) is 5.17. The number of Topliss-reactive ketones (excluding diaryl/α,β-unsaturated/α-hetero) is 1. The molecule has 1 aliphatic rings. The van der Waals surface area contributed by atoms with E-state index < -0.39 is 6.89 Å². The molecule has 0 aliphatic carbocycles. The molecule has 148 valence electrons. The molecule has 0 N–H and O–H groups in total. The van der Waals surface area contributed by atoms with Crippen LogP contribution in [0.3, 0.4) is 0 Å². The fraction of sp³-hybridized carbons (Fsp3) is 0.259. The molecule has 1 heterocycles. The number of carbonyl (C=O) groups excluding carboxylic acids is 1. The molecule has 0 bridgehead atoms. The Morgan fingerprint density at radius 3 is 1.90 bits per heavy atom. The van der Waals surface area contributed by atoms with Crippen LogP contribution in [0, 0.1) is 0 Å². The first-order chi connectivity index (χ1) is 14.2. The van der Waals surface area contributed by atoms with Crippen LogP contribution in [0.4, 0.5) is 0 Å². The standard InChI is InChI=1S/C27H29OP/c1-2-13-25(28)22-29(26-18-10-5-11-19-26)21-12-20-27(29,23-14-6-3-7-15-23)24-16-8-4-9-17-24/h3-11,14-19,22H,2,12-13,20-21H2,1H3. The Morgan fingerprint density at radius 1 is 0.862 bits per heavy atom. The molecular weight excluding hydrogens is 371 g/mol. The van der Waals surface area contributed by atoms with Crippen molar-refractivity contribution in [3.8, 4) is 0 Å². The molecule has 0 radical (unpaired) electrons. The zero-order valence-electron chi connectivity index (χ0n) is 17.1. The van der Waals surface area contributed by atoms with Crippen LogP contribution in [0.1, 0.15) is 43.7 Å². The molecular formula is C27H29OP. The third-order valence-electron chi connectivity index (χ3n) is 6.31. The summed E-state index contributed by atoms with van der Waals surface area (Å²) in [6.07, 6.45) is 4.85. The van der Waals surface area contributed by atoms with Gasteiger partial charge < -0.3 is 0 Å². The highest BCUT2D eigenvalue weighted by atomic mass is 31.2. The summed E-state index contributed by atoms with van der Waals surface area (Å²) in [5, 5.41) is 1.22. The van der Waals surface area contributed by atoms with E-state index in [9.17, 15) is 4.79 Å². The van der Waals surface area contributed by atoms with Gasteiger partial charge in [0.2, 0.25) is 0 Å². The van der Waals surface area contributed by atoms with E-state index in [1.54, 1.807) is 0 Å². The summed E-state index contributed by atoms with van der Waals surface area (Å²) in [5.74, 6) is 2.50. The second-order valence-corrected chi connectivity index (χ2v) is 11.7. The Balaban J connectivity index is 2.09. The summed E-state index contributed by atoms with van der Waals surface area (Å²) in [4.78, 5) is 13.1. The molecule has 1 saturated heterocycles. The summed E-state index contributed by atoms with van der Waals surface area (Å²) < 4.78 is 0. The van der Waals surface area contributed by atoms with E-state index in [0.29, 0.717) is 12.2 Å². The van der Waals surface area contributed by atoms with Crippen molar-refractivity contribution in [2.45, 2.75) is 37.8 Å². The maximum atomic E-state index is 13.1. The van der Waals surface area contributed by atoms with Gasteiger partial charge in [0.25, 0.3) is 0 Å². The Bertz CT molecular complexity index is 967. The first kappa shape index (κ1) is 19.9. The summed E-state index contributed by atoms with van der Waals surface area (Å²) >= 11 is 0. The number of rotatable bonds is 6. The van der Waals surface area contributed by atoms with Crippen molar-refractivity contribution in [3.05, 3.63) is 102 Å². The Morgan fingerprint density at radius 2 is 1.38 bits per heavy atom. The molecule has 0 saturated carbocycles. The SMILES string of the molecule is CCCC(=O)C=P1(c2ccccc2)CCCC1(c1ccccc1)c1ccccc1. The highest BCUT2D eigenvalue weighted by Gasteiger charge is 2.50. The molecule has 1 aliphatic heterocycles. The average Bonchev–Trinajstić information content (AvgIpc) is 3.16. The van der Waals surface area contributed by atoms with Crippen LogP contribution in [0.2, 0.25) is 0 Å². The van der Waals surface area contributed by atoms with E-state index in [1.807, 2.05) is 0 Å². The lowest BCUT2D eigenvalue weighted by Gasteiger charge is -2.43. The molecule has 3 aromatic carbocycles. The van der Waals surface area contributed by atoms with Crippen molar-refractivity contribution < 1.29 is 4.79 Å². The Kier molecular flexibility index (Phi) is 5.88. The van der Waals surface area contributed by atoms with E-state index in [-0.39, 0.29) is 5.16 Å². The second-order valence-electron chi connectivity index (χ2n) is 7.97. The average molecular weight is 401 g/mol. The number of hydrogen-bond acceptors (Lipinski definition) is 1. The lowest BCUT2D eigenvalue weighted by atomic mass is 9.87. The van der Waals surface area contributed by atoms with Crippen LogP contribution < -0.4 is 5.30 Å². The van der Waals surface area contributed by atoms with Crippen molar-refractivity contribution in [2.75, 3.05) is 6.16 Å². The molecule has 4 rings (SSSR count). The topological polar surface area (TPSA) is 17.1 Å². The van der Waals surface area contributed by atoms with E-state index in [4.69, 9.17) is 0 Å². The summed E-state index contributed by atoms with van der Waals surface area (Å²) in [7, 11) is 0. The summed E-state index contributed by atoms with van der Waals surface area (Å²) in [6.45, 7) is 0.148. The van der Waals surface area contributed by atoms with Crippen LogP contribution in [0.25, 0.3) is 0 Å². The van der Waals surface area contributed by atoms with Crippen molar-refractivity contribution >= 4 is 23.8 Å². The largest absolute Gasteiger partial charge is 0.295 e. The predicted molar refractivity (Wildman–Crippen MR) is 127 cm³/mol. The molecule has 1 atom stereocenters. The minimum Gasteiger partial charge on any atom is -0.295 e. The fourth-order valence-corrected chi connectivity index (χ4v) is 10.5. The predicted octanol–water partition coefficient (Wildman–Crippen LogP) is 6.24. The minimum absolute atomic E-state index is 0.139. The van der Waals surface area contributed by atoms with Gasteiger partial charge in [0, 0.05) is 11.6 Å². The zero-order chi connectivity index (χ0) is 20.2. The van der Waals surface area contributed by atoms with Gasteiger partial charge in [-0.1, -0.05) is 105 Å². The molecule has 0 spiro atoms. The van der Waals surface area contributed by atoms with Gasteiger partial charge in [-0.15, -0.1) is 0 Å². The van der Waals surface area contributed by atoms with Gasteiger partial charge in [-0.25, -0.2) is 0 Å². The first-order valence-electron chi connectivity index (χ1n) is 10.7. The quantitative estimate of drug-likeness (QED) is 0.448. The third kappa shape index (κ3) is 3.43. The van der Waals surface area contributed by atoms with E-state index in [2.05, 4.69) is 104 Å². The number of ketones is 1. The first-order valence-corrected chi connectivity index (χ1v) is 12.7. The number of hydrogen-bond donors (Lipinski definition) is 0. The summed E-state index contributed by atoms with van der Waals surface area (Å²) in [6, 6.07) is 32.7. The minimum atomic E-state index is -1.94. The summed E-state index contributed by atoms with van der Waals surface area (Å²) in [5.41, 5.74) is 2.70. The normalized spacial score (nSPS) is 20.3. The molecule has 0 aromatic heterocycles. The van der Waals surface area contributed by atoms with Crippen LogP contribution in [-0.4, -0.2) is 17.7 Å². The third-order valence-corrected chi connectivity index (χ3v) is 11.4. The van der Waals surface area contributed by atoms with Crippen LogP contribution in [0.15, 0.2) is 91.0 Å². The number of benzene rings is 3. The molecule has 1 unspecified atom stereocenters. The maximum Gasteiger partial charge on any atom is 0.156 e. The monoisotopic (exact) mass is 400 g/mol. The highest BCUT2D eigenvalue weighted by Crippen LogP contribution is 2.72. The van der Waals surface area contributed by atoms with Gasteiger partial charge in [-0.05, 0) is 47.7 Å².